The lowest BCUT2D eigenvalue weighted by atomic mass is 9.61. The summed E-state index contributed by atoms with van der Waals surface area (Å²) in [5, 5.41) is 1.02. The van der Waals surface area contributed by atoms with Crippen molar-refractivity contribution in [2.24, 2.45) is 0 Å². The van der Waals surface area contributed by atoms with Crippen molar-refractivity contribution >= 4 is 41.0 Å². The van der Waals surface area contributed by atoms with Gasteiger partial charge in [-0.1, -0.05) is 54.1 Å². The summed E-state index contributed by atoms with van der Waals surface area (Å²) >= 11 is 12.2. The second kappa shape index (κ2) is 7.34. The summed E-state index contributed by atoms with van der Waals surface area (Å²) in [7, 11) is 0. The fourth-order valence-electron chi connectivity index (χ4n) is 3.74. The highest BCUT2D eigenvalue weighted by molar-refractivity contribution is 6.31. The SMILES string of the molecule is C=C(C)C1=C[C@](C=O)(c2ccc(Cl)cc2N)[C@H](c2cccc(Cl)c2)CC1=O. The van der Waals surface area contributed by atoms with E-state index in [0.717, 1.165) is 11.8 Å². The Morgan fingerprint density at radius 2 is 1.93 bits per heavy atom. The highest BCUT2D eigenvalue weighted by Gasteiger charge is 2.46. The second-order valence-electron chi connectivity index (χ2n) is 6.86. The van der Waals surface area contributed by atoms with Crippen molar-refractivity contribution in [1.82, 2.24) is 0 Å². The number of rotatable bonds is 4. The number of nitrogens with two attached hydrogens (primary N) is 1. The van der Waals surface area contributed by atoms with Gasteiger partial charge in [0.05, 0.1) is 5.41 Å². The van der Waals surface area contributed by atoms with E-state index in [-0.39, 0.29) is 12.2 Å². The van der Waals surface area contributed by atoms with Gasteiger partial charge < -0.3 is 10.5 Å². The van der Waals surface area contributed by atoms with Crippen LogP contribution < -0.4 is 5.73 Å². The van der Waals surface area contributed by atoms with Gasteiger partial charge in [-0.3, -0.25) is 4.79 Å². The van der Waals surface area contributed by atoms with E-state index in [4.69, 9.17) is 28.9 Å². The number of hydrogen-bond donors (Lipinski definition) is 1. The molecule has 0 saturated heterocycles. The second-order valence-corrected chi connectivity index (χ2v) is 7.73. The zero-order chi connectivity index (χ0) is 19.8. The highest BCUT2D eigenvalue weighted by atomic mass is 35.5. The molecular weight excluding hydrogens is 381 g/mol. The molecule has 1 aliphatic rings. The van der Waals surface area contributed by atoms with E-state index in [1.807, 2.05) is 6.07 Å². The number of anilines is 1. The molecule has 0 bridgehead atoms. The Kier molecular flexibility index (Phi) is 5.27. The van der Waals surface area contributed by atoms with Gasteiger partial charge in [0.2, 0.25) is 0 Å². The van der Waals surface area contributed by atoms with E-state index < -0.39 is 11.3 Å². The summed E-state index contributed by atoms with van der Waals surface area (Å²) < 4.78 is 0. The molecule has 2 aromatic carbocycles. The van der Waals surface area contributed by atoms with Gasteiger partial charge in [0, 0.05) is 33.6 Å². The molecule has 0 fully saturated rings. The molecule has 0 heterocycles. The molecule has 2 atom stereocenters. The lowest BCUT2D eigenvalue weighted by molar-refractivity contribution is -0.117. The van der Waals surface area contributed by atoms with Gasteiger partial charge in [-0.05, 0) is 47.9 Å². The first kappa shape index (κ1) is 19.4. The van der Waals surface area contributed by atoms with Crippen LogP contribution >= 0.6 is 23.2 Å². The molecule has 0 aliphatic heterocycles. The number of carbonyl (C=O) groups is 2. The van der Waals surface area contributed by atoms with Gasteiger partial charge in [0.15, 0.2) is 5.78 Å². The maximum Gasteiger partial charge on any atom is 0.163 e. The van der Waals surface area contributed by atoms with Gasteiger partial charge in [0.1, 0.15) is 6.29 Å². The molecule has 3 nitrogen and oxygen atoms in total. The lowest BCUT2D eigenvalue weighted by Gasteiger charge is -2.39. The number of ketones is 1. The molecule has 138 valence electrons. The largest absolute Gasteiger partial charge is 0.398 e. The van der Waals surface area contributed by atoms with Crippen LogP contribution in [-0.4, -0.2) is 12.1 Å². The fraction of sp³-hybridized carbons (Fsp3) is 0.182. The third kappa shape index (κ3) is 3.45. The number of hydrogen-bond acceptors (Lipinski definition) is 3. The molecule has 3 rings (SSSR count). The van der Waals surface area contributed by atoms with Crippen molar-refractivity contribution < 1.29 is 9.59 Å². The third-order valence-corrected chi connectivity index (χ3v) is 5.51. The van der Waals surface area contributed by atoms with E-state index in [1.165, 1.54) is 0 Å². The first-order valence-electron chi connectivity index (χ1n) is 8.47. The lowest BCUT2D eigenvalue weighted by Crippen LogP contribution is -2.40. The number of nitrogen functional groups attached to an aromatic ring is 1. The molecule has 0 saturated carbocycles. The van der Waals surface area contributed by atoms with Crippen LogP contribution in [0.4, 0.5) is 5.69 Å². The van der Waals surface area contributed by atoms with Crippen molar-refractivity contribution in [3.8, 4) is 0 Å². The number of halogens is 2. The van der Waals surface area contributed by atoms with Crippen LogP contribution in [0.3, 0.4) is 0 Å². The maximum absolute atomic E-state index is 12.7. The van der Waals surface area contributed by atoms with Gasteiger partial charge in [-0.2, -0.15) is 0 Å². The van der Waals surface area contributed by atoms with Gasteiger partial charge in [0.25, 0.3) is 0 Å². The van der Waals surface area contributed by atoms with Crippen LogP contribution in [0.25, 0.3) is 0 Å². The Balaban J connectivity index is 2.33. The molecule has 2 aromatic rings. The van der Waals surface area contributed by atoms with Gasteiger partial charge in [-0.15, -0.1) is 0 Å². The Morgan fingerprint density at radius 1 is 1.22 bits per heavy atom. The topological polar surface area (TPSA) is 60.2 Å². The first-order valence-corrected chi connectivity index (χ1v) is 9.23. The Hall–Kier alpha value is -2.36. The molecule has 5 heteroatoms. The minimum Gasteiger partial charge on any atom is -0.398 e. The molecule has 2 N–H and O–H groups in total. The van der Waals surface area contributed by atoms with Crippen molar-refractivity contribution in [3.63, 3.8) is 0 Å². The minimum atomic E-state index is -1.12. The molecule has 27 heavy (non-hydrogen) atoms. The summed E-state index contributed by atoms with van der Waals surface area (Å²) in [6.07, 6.45) is 2.70. The van der Waals surface area contributed by atoms with Crippen LogP contribution in [0, 0.1) is 0 Å². The van der Waals surface area contributed by atoms with Gasteiger partial charge in [-0.25, -0.2) is 0 Å². The number of Topliss-reactive ketones (excluding diaryl/α,β-unsaturated/α-hetero) is 1. The van der Waals surface area contributed by atoms with Crippen molar-refractivity contribution in [1.29, 1.82) is 0 Å². The zero-order valence-corrected chi connectivity index (χ0v) is 16.3. The summed E-state index contributed by atoms with van der Waals surface area (Å²) in [6, 6.07) is 12.3. The Labute approximate surface area is 168 Å². The van der Waals surface area contributed by atoms with Crippen molar-refractivity contribution in [2.75, 3.05) is 5.73 Å². The standard InChI is InChI=1S/C22H19Cl2NO2/c1-13(2)17-11-22(12-26,18-7-6-16(24)9-20(18)25)19(10-21(17)27)14-4-3-5-15(23)8-14/h3-9,11-12,19H,1,10,25H2,2H3/t19-,22-/m0/s1. The molecule has 0 amide bonds. The number of allylic oxidation sites excluding steroid dienone is 3. The van der Waals surface area contributed by atoms with Crippen molar-refractivity contribution in [3.05, 3.63) is 87.4 Å². The molecule has 0 spiro atoms. The van der Waals surface area contributed by atoms with E-state index in [1.54, 1.807) is 49.4 Å². The quantitative estimate of drug-likeness (QED) is 0.562. The number of benzene rings is 2. The maximum atomic E-state index is 12.7. The summed E-state index contributed by atoms with van der Waals surface area (Å²) in [5.74, 6) is -0.495. The van der Waals surface area contributed by atoms with Crippen LogP contribution in [0.2, 0.25) is 10.0 Å². The van der Waals surface area contributed by atoms with Crippen LogP contribution in [0.15, 0.2) is 66.3 Å². The number of carbonyl (C=O) groups excluding carboxylic acids is 2. The minimum absolute atomic E-state index is 0.0579. The molecule has 0 radical (unpaired) electrons. The molecular formula is C22H19Cl2NO2. The van der Waals surface area contributed by atoms with E-state index in [2.05, 4.69) is 6.58 Å². The normalized spacial score (nSPS) is 22.3. The average Bonchev–Trinajstić information content (AvgIpc) is 2.62. The zero-order valence-electron chi connectivity index (χ0n) is 14.8. The molecule has 0 aromatic heterocycles. The van der Waals surface area contributed by atoms with Crippen LogP contribution in [-0.2, 0) is 15.0 Å². The highest BCUT2D eigenvalue weighted by Crippen LogP contribution is 2.48. The van der Waals surface area contributed by atoms with Gasteiger partial charge >= 0.3 is 0 Å². The Bertz CT molecular complexity index is 980. The van der Waals surface area contributed by atoms with Crippen LogP contribution in [0.5, 0.6) is 0 Å². The third-order valence-electron chi connectivity index (χ3n) is 5.04. The molecule has 0 unspecified atom stereocenters. The van der Waals surface area contributed by atoms with E-state index >= 15 is 0 Å². The average molecular weight is 400 g/mol. The first-order chi connectivity index (χ1) is 12.8. The summed E-state index contributed by atoms with van der Waals surface area (Å²) in [6.45, 7) is 5.65. The monoisotopic (exact) mass is 399 g/mol. The van der Waals surface area contributed by atoms with Crippen LogP contribution in [0.1, 0.15) is 30.4 Å². The molecule has 1 aliphatic carbocycles. The van der Waals surface area contributed by atoms with Crippen molar-refractivity contribution in [2.45, 2.75) is 24.7 Å². The summed E-state index contributed by atoms with van der Waals surface area (Å²) in [5.41, 5.74) is 7.98. The predicted octanol–water partition coefficient (Wildman–Crippen LogP) is 5.27. The number of aldehydes is 1. The Morgan fingerprint density at radius 3 is 2.52 bits per heavy atom. The van der Waals surface area contributed by atoms with E-state index in [9.17, 15) is 9.59 Å². The summed E-state index contributed by atoms with van der Waals surface area (Å²) in [4.78, 5) is 25.3. The van der Waals surface area contributed by atoms with E-state index in [0.29, 0.717) is 32.4 Å². The smallest absolute Gasteiger partial charge is 0.163 e. The predicted molar refractivity (Wildman–Crippen MR) is 110 cm³/mol. The fourth-order valence-corrected chi connectivity index (χ4v) is 4.11.